The molecule has 1 rings (SSSR count). The number of aliphatic hydroxyl groups is 1. The second-order valence-corrected chi connectivity index (χ2v) is 5.82. The first-order valence-electron chi connectivity index (χ1n) is 4.31. The lowest BCUT2D eigenvalue weighted by Crippen LogP contribution is -2.32. The second kappa shape index (κ2) is 3.38. The summed E-state index contributed by atoms with van der Waals surface area (Å²) < 4.78 is 22.1. The third kappa shape index (κ3) is 2.77. The molecule has 1 N–H and O–H groups in total. The molecule has 0 spiro atoms. The van der Waals surface area contributed by atoms with E-state index in [4.69, 9.17) is 0 Å². The number of hydrogen-bond acceptors (Lipinski definition) is 4. The van der Waals surface area contributed by atoms with Crippen LogP contribution in [0.25, 0.3) is 0 Å². The van der Waals surface area contributed by atoms with Crippen molar-refractivity contribution in [2.45, 2.75) is 31.8 Å². The van der Waals surface area contributed by atoms with Crippen LogP contribution in [0.2, 0.25) is 0 Å². The van der Waals surface area contributed by atoms with E-state index in [1.165, 1.54) is 0 Å². The van der Waals surface area contributed by atoms with Crippen molar-refractivity contribution >= 4 is 15.6 Å². The fourth-order valence-electron chi connectivity index (χ4n) is 1.53. The third-order valence-corrected chi connectivity index (χ3v) is 4.09. The summed E-state index contributed by atoms with van der Waals surface area (Å²) in [4.78, 5) is 11.0. The minimum atomic E-state index is -3.11. The van der Waals surface area contributed by atoms with Crippen molar-refractivity contribution in [3.8, 4) is 0 Å². The van der Waals surface area contributed by atoms with Gasteiger partial charge in [0.25, 0.3) is 0 Å². The van der Waals surface area contributed by atoms with E-state index in [-0.39, 0.29) is 30.1 Å². The SMILES string of the molecule is CCC(=O)CC1(O)CCS(=O)(=O)C1. The molecule has 0 aromatic heterocycles. The van der Waals surface area contributed by atoms with Gasteiger partial charge >= 0.3 is 0 Å². The Kier molecular flexibility index (Phi) is 2.77. The number of Topliss-reactive ketones (excluding diaryl/α,β-unsaturated/α-hetero) is 1. The zero-order valence-corrected chi connectivity index (χ0v) is 8.43. The van der Waals surface area contributed by atoms with Crippen molar-refractivity contribution in [3.05, 3.63) is 0 Å². The van der Waals surface area contributed by atoms with Gasteiger partial charge in [0.1, 0.15) is 5.78 Å². The monoisotopic (exact) mass is 206 g/mol. The van der Waals surface area contributed by atoms with Gasteiger partial charge in [0, 0.05) is 12.8 Å². The van der Waals surface area contributed by atoms with E-state index in [1.54, 1.807) is 6.92 Å². The molecule has 0 saturated carbocycles. The summed E-state index contributed by atoms with van der Waals surface area (Å²) in [5, 5.41) is 9.73. The fourth-order valence-corrected chi connectivity index (χ4v) is 3.43. The minimum absolute atomic E-state index is 0.000490. The fraction of sp³-hybridized carbons (Fsp3) is 0.875. The highest BCUT2D eigenvalue weighted by molar-refractivity contribution is 7.91. The highest BCUT2D eigenvalue weighted by Crippen LogP contribution is 2.27. The first kappa shape index (κ1) is 10.7. The van der Waals surface area contributed by atoms with Gasteiger partial charge in [0.05, 0.1) is 17.1 Å². The molecule has 1 aliphatic heterocycles. The summed E-state index contributed by atoms with van der Waals surface area (Å²) in [7, 11) is -3.11. The molecular weight excluding hydrogens is 192 g/mol. The molecule has 4 nitrogen and oxygen atoms in total. The van der Waals surface area contributed by atoms with Gasteiger partial charge in [-0.1, -0.05) is 6.92 Å². The number of carbonyl (C=O) groups is 1. The summed E-state index contributed by atoms with van der Waals surface area (Å²) in [5.74, 6) is -0.341. The highest BCUT2D eigenvalue weighted by Gasteiger charge is 2.41. The van der Waals surface area contributed by atoms with Crippen molar-refractivity contribution in [1.29, 1.82) is 0 Å². The van der Waals surface area contributed by atoms with Crippen molar-refractivity contribution < 1.29 is 18.3 Å². The molecule has 1 fully saturated rings. The van der Waals surface area contributed by atoms with E-state index < -0.39 is 15.4 Å². The summed E-state index contributed by atoms with van der Waals surface area (Å²) in [6.45, 7) is 1.70. The van der Waals surface area contributed by atoms with Gasteiger partial charge in [-0.3, -0.25) is 4.79 Å². The van der Waals surface area contributed by atoms with E-state index >= 15 is 0 Å². The Morgan fingerprint density at radius 2 is 2.15 bits per heavy atom. The van der Waals surface area contributed by atoms with Crippen LogP contribution in [0.4, 0.5) is 0 Å². The zero-order valence-electron chi connectivity index (χ0n) is 7.62. The summed E-state index contributed by atoms with van der Waals surface area (Å²) in [6.07, 6.45) is 0.520. The standard InChI is InChI=1S/C8H14O4S/c1-2-7(9)5-8(10)3-4-13(11,12)6-8/h10H,2-6H2,1H3. The molecule has 0 radical (unpaired) electrons. The maximum atomic E-state index is 11.0. The highest BCUT2D eigenvalue weighted by atomic mass is 32.2. The summed E-state index contributed by atoms with van der Waals surface area (Å²) in [6, 6.07) is 0. The Morgan fingerprint density at radius 1 is 1.54 bits per heavy atom. The first-order valence-corrected chi connectivity index (χ1v) is 6.13. The maximum Gasteiger partial charge on any atom is 0.153 e. The van der Waals surface area contributed by atoms with E-state index in [0.29, 0.717) is 6.42 Å². The molecule has 1 aliphatic rings. The van der Waals surface area contributed by atoms with Gasteiger partial charge in [-0.15, -0.1) is 0 Å². The van der Waals surface area contributed by atoms with Crippen LogP contribution in [0, 0.1) is 0 Å². The van der Waals surface area contributed by atoms with Crippen LogP contribution in [0.1, 0.15) is 26.2 Å². The predicted molar refractivity (Wildman–Crippen MR) is 48.1 cm³/mol. The molecular formula is C8H14O4S. The molecule has 0 aliphatic carbocycles. The summed E-state index contributed by atoms with van der Waals surface area (Å²) >= 11 is 0. The number of carbonyl (C=O) groups excluding carboxylic acids is 1. The van der Waals surface area contributed by atoms with Crippen LogP contribution in [-0.2, 0) is 14.6 Å². The van der Waals surface area contributed by atoms with E-state index in [2.05, 4.69) is 0 Å². The predicted octanol–water partition coefficient (Wildman–Crippen LogP) is -0.0948. The lowest BCUT2D eigenvalue weighted by Gasteiger charge is -2.18. The average molecular weight is 206 g/mol. The molecule has 0 amide bonds. The van der Waals surface area contributed by atoms with Crippen molar-refractivity contribution in [1.82, 2.24) is 0 Å². The lowest BCUT2D eigenvalue weighted by molar-refractivity contribution is -0.122. The molecule has 1 unspecified atom stereocenters. The molecule has 13 heavy (non-hydrogen) atoms. The average Bonchev–Trinajstić information content (AvgIpc) is 2.25. The Balaban J connectivity index is 2.65. The topological polar surface area (TPSA) is 71.4 Å². The Bertz CT molecular complexity index is 306. The lowest BCUT2D eigenvalue weighted by atomic mass is 9.96. The molecule has 5 heteroatoms. The molecule has 76 valence electrons. The van der Waals surface area contributed by atoms with Gasteiger partial charge < -0.3 is 5.11 Å². The minimum Gasteiger partial charge on any atom is -0.388 e. The van der Waals surface area contributed by atoms with Gasteiger partial charge in [-0.25, -0.2) is 8.42 Å². The quantitative estimate of drug-likeness (QED) is 0.700. The number of rotatable bonds is 3. The van der Waals surface area contributed by atoms with Crippen molar-refractivity contribution in [3.63, 3.8) is 0 Å². The normalized spacial score (nSPS) is 31.8. The first-order chi connectivity index (χ1) is 5.87. The molecule has 0 aromatic carbocycles. The van der Waals surface area contributed by atoms with Crippen LogP contribution < -0.4 is 0 Å². The Hall–Kier alpha value is -0.420. The molecule has 1 saturated heterocycles. The van der Waals surface area contributed by atoms with Crippen molar-refractivity contribution in [2.75, 3.05) is 11.5 Å². The third-order valence-electron chi connectivity index (χ3n) is 2.29. The molecule has 1 atom stereocenters. The van der Waals surface area contributed by atoms with Crippen LogP contribution in [-0.4, -0.2) is 36.4 Å². The van der Waals surface area contributed by atoms with E-state index in [0.717, 1.165) is 0 Å². The Labute approximate surface area is 77.9 Å². The van der Waals surface area contributed by atoms with Crippen molar-refractivity contribution in [2.24, 2.45) is 0 Å². The molecule has 0 bridgehead atoms. The zero-order chi connectivity index (χ0) is 10.1. The van der Waals surface area contributed by atoms with Crippen LogP contribution in [0.3, 0.4) is 0 Å². The smallest absolute Gasteiger partial charge is 0.153 e. The van der Waals surface area contributed by atoms with E-state index in [9.17, 15) is 18.3 Å². The number of sulfone groups is 1. The van der Waals surface area contributed by atoms with Gasteiger partial charge in [-0.2, -0.15) is 0 Å². The van der Waals surface area contributed by atoms with Gasteiger partial charge in [0.2, 0.25) is 0 Å². The molecule has 0 aromatic rings. The van der Waals surface area contributed by atoms with Crippen LogP contribution >= 0.6 is 0 Å². The number of hydrogen-bond donors (Lipinski definition) is 1. The number of ketones is 1. The second-order valence-electron chi connectivity index (χ2n) is 3.64. The summed E-state index contributed by atoms with van der Waals surface area (Å²) in [5.41, 5.74) is -1.29. The molecule has 1 heterocycles. The van der Waals surface area contributed by atoms with Crippen LogP contribution in [0.15, 0.2) is 0 Å². The van der Waals surface area contributed by atoms with Gasteiger partial charge in [-0.05, 0) is 6.42 Å². The van der Waals surface area contributed by atoms with Crippen LogP contribution in [0.5, 0.6) is 0 Å². The largest absolute Gasteiger partial charge is 0.388 e. The van der Waals surface area contributed by atoms with Gasteiger partial charge in [0.15, 0.2) is 9.84 Å². The maximum absolute atomic E-state index is 11.0. The van der Waals surface area contributed by atoms with E-state index in [1.807, 2.05) is 0 Å². The Morgan fingerprint density at radius 3 is 2.54 bits per heavy atom.